The number of amides is 1. The van der Waals surface area contributed by atoms with Gasteiger partial charge < -0.3 is 5.32 Å². The first-order valence-corrected chi connectivity index (χ1v) is 8.83. The van der Waals surface area contributed by atoms with Crippen molar-refractivity contribution in [1.82, 2.24) is 5.32 Å². The van der Waals surface area contributed by atoms with E-state index in [4.69, 9.17) is 0 Å². The van der Waals surface area contributed by atoms with Crippen LogP contribution >= 0.6 is 27.3 Å². The molecule has 2 aromatic carbocycles. The van der Waals surface area contributed by atoms with Gasteiger partial charge in [0.15, 0.2) is 0 Å². The number of benzene rings is 2. The lowest BCUT2D eigenvalue weighted by Crippen LogP contribution is -2.34. The second-order valence-corrected chi connectivity index (χ2v) is 7.08. The van der Waals surface area contributed by atoms with Crippen LogP contribution in [0.4, 0.5) is 0 Å². The maximum atomic E-state index is 12.3. The minimum Gasteiger partial charge on any atom is -0.349 e. The van der Waals surface area contributed by atoms with Crippen LogP contribution < -0.4 is 5.32 Å². The van der Waals surface area contributed by atoms with Crippen molar-refractivity contribution in [2.45, 2.75) is 19.4 Å². The number of halogens is 1. The van der Waals surface area contributed by atoms with Crippen molar-refractivity contribution in [2.24, 2.45) is 0 Å². The molecule has 3 aromatic rings. The number of rotatable bonds is 4. The van der Waals surface area contributed by atoms with Crippen molar-refractivity contribution >= 4 is 43.3 Å². The van der Waals surface area contributed by atoms with Gasteiger partial charge in [0.25, 0.3) is 5.91 Å². The number of nitrogens with one attached hydrogen (secondary N) is 1. The lowest BCUT2D eigenvalue weighted by atomic mass is 10.1. The van der Waals surface area contributed by atoms with Crippen LogP contribution in [0.5, 0.6) is 0 Å². The molecule has 1 heterocycles. The number of thiophene rings is 1. The van der Waals surface area contributed by atoms with Gasteiger partial charge in [-0.2, -0.15) is 0 Å². The lowest BCUT2D eigenvalue weighted by Gasteiger charge is -2.14. The molecule has 4 heteroatoms. The van der Waals surface area contributed by atoms with Crippen LogP contribution in [-0.4, -0.2) is 11.9 Å². The molecule has 0 spiro atoms. The predicted octanol–water partition coefficient (Wildman–Crippen LogP) is 5.02. The Balaban J connectivity index is 1.71. The summed E-state index contributed by atoms with van der Waals surface area (Å²) in [7, 11) is 0. The monoisotopic (exact) mass is 373 g/mol. The molecule has 22 heavy (non-hydrogen) atoms. The lowest BCUT2D eigenvalue weighted by molar-refractivity contribution is 0.0939. The van der Waals surface area contributed by atoms with E-state index in [1.54, 1.807) is 11.3 Å². The number of fused-ring (bicyclic) bond motifs is 1. The van der Waals surface area contributed by atoms with Crippen LogP contribution in [0, 0.1) is 0 Å². The zero-order valence-corrected chi connectivity index (χ0v) is 14.6. The van der Waals surface area contributed by atoms with Crippen LogP contribution in [0.1, 0.15) is 22.8 Å². The van der Waals surface area contributed by atoms with Gasteiger partial charge >= 0.3 is 0 Å². The molecule has 3 rings (SSSR count). The molecule has 112 valence electrons. The van der Waals surface area contributed by atoms with E-state index >= 15 is 0 Å². The molecule has 1 N–H and O–H groups in total. The van der Waals surface area contributed by atoms with Crippen molar-refractivity contribution in [1.29, 1.82) is 0 Å². The van der Waals surface area contributed by atoms with Crippen LogP contribution in [0.15, 0.2) is 58.4 Å². The molecule has 1 unspecified atom stereocenters. The fourth-order valence-corrected chi connectivity index (χ4v) is 3.96. The van der Waals surface area contributed by atoms with Gasteiger partial charge in [0.1, 0.15) is 0 Å². The van der Waals surface area contributed by atoms with Crippen molar-refractivity contribution in [3.63, 3.8) is 0 Å². The third-order valence-corrected chi connectivity index (χ3v) is 5.29. The average molecular weight is 374 g/mol. The molecular weight excluding hydrogens is 358 g/mol. The summed E-state index contributed by atoms with van der Waals surface area (Å²) in [6, 6.07) is 16.0. The van der Waals surface area contributed by atoms with Crippen molar-refractivity contribution in [2.75, 3.05) is 0 Å². The highest BCUT2D eigenvalue weighted by Crippen LogP contribution is 2.26. The molecule has 0 saturated carbocycles. The Morgan fingerprint density at radius 2 is 1.91 bits per heavy atom. The van der Waals surface area contributed by atoms with Gasteiger partial charge in [0.05, 0.1) is 5.56 Å². The van der Waals surface area contributed by atoms with Gasteiger partial charge in [-0.25, -0.2) is 0 Å². The van der Waals surface area contributed by atoms with Gasteiger partial charge in [0.2, 0.25) is 0 Å². The van der Waals surface area contributed by atoms with E-state index in [1.807, 2.05) is 31.2 Å². The van der Waals surface area contributed by atoms with Crippen LogP contribution in [0.3, 0.4) is 0 Å². The van der Waals surface area contributed by atoms with Crippen LogP contribution in [0.25, 0.3) is 10.1 Å². The first-order valence-electron chi connectivity index (χ1n) is 7.15. The second kappa shape index (κ2) is 6.63. The highest BCUT2D eigenvalue weighted by Gasteiger charge is 2.14. The van der Waals surface area contributed by atoms with Crippen molar-refractivity contribution < 1.29 is 4.79 Å². The average Bonchev–Trinajstić information content (AvgIpc) is 2.91. The molecule has 1 amide bonds. The SMILES string of the molecule is CC(Cc1csc2ccccc12)NC(=O)c1ccccc1Br. The fourth-order valence-electron chi connectivity index (χ4n) is 2.52. The van der Waals surface area contributed by atoms with Gasteiger partial charge in [-0.05, 0) is 63.8 Å². The highest BCUT2D eigenvalue weighted by atomic mass is 79.9. The second-order valence-electron chi connectivity index (χ2n) is 5.32. The summed E-state index contributed by atoms with van der Waals surface area (Å²) in [6.07, 6.45) is 0.834. The predicted molar refractivity (Wildman–Crippen MR) is 96.6 cm³/mol. The van der Waals surface area contributed by atoms with Gasteiger partial charge in [0, 0.05) is 15.2 Å². The van der Waals surface area contributed by atoms with Gasteiger partial charge in [-0.1, -0.05) is 30.3 Å². The number of hydrogen-bond donors (Lipinski definition) is 1. The number of carbonyl (C=O) groups is 1. The summed E-state index contributed by atoms with van der Waals surface area (Å²) < 4.78 is 2.11. The third kappa shape index (κ3) is 3.23. The smallest absolute Gasteiger partial charge is 0.252 e. The van der Waals surface area contributed by atoms with E-state index in [2.05, 4.69) is 50.9 Å². The van der Waals surface area contributed by atoms with E-state index in [1.165, 1.54) is 15.6 Å². The maximum absolute atomic E-state index is 12.3. The molecule has 0 aliphatic carbocycles. The van der Waals surface area contributed by atoms with Crippen molar-refractivity contribution in [3.05, 3.63) is 69.5 Å². The summed E-state index contributed by atoms with van der Waals surface area (Å²) in [4.78, 5) is 12.3. The molecule has 0 bridgehead atoms. The Morgan fingerprint density at radius 3 is 2.73 bits per heavy atom. The molecular formula is C18H16BrNOS. The van der Waals surface area contributed by atoms with Crippen LogP contribution in [-0.2, 0) is 6.42 Å². The molecule has 1 atom stereocenters. The molecule has 0 saturated heterocycles. The molecule has 0 aliphatic rings. The largest absolute Gasteiger partial charge is 0.349 e. The zero-order valence-electron chi connectivity index (χ0n) is 12.2. The quantitative estimate of drug-likeness (QED) is 0.682. The first kappa shape index (κ1) is 15.3. The molecule has 2 nitrogen and oxygen atoms in total. The van der Waals surface area contributed by atoms with E-state index in [0.717, 1.165) is 10.9 Å². The molecule has 0 aliphatic heterocycles. The summed E-state index contributed by atoms with van der Waals surface area (Å²) in [5, 5.41) is 6.55. The first-order chi connectivity index (χ1) is 10.6. The number of carbonyl (C=O) groups excluding carboxylic acids is 1. The number of hydrogen-bond acceptors (Lipinski definition) is 2. The van der Waals surface area contributed by atoms with Crippen LogP contribution in [0.2, 0.25) is 0 Å². The van der Waals surface area contributed by atoms with E-state index < -0.39 is 0 Å². The van der Waals surface area contributed by atoms with Gasteiger partial charge in [-0.15, -0.1) is 11.3 Å². The molecule has 1 aromatic heterocycles. The Hall–Kier alpha value is -1.65. The molecule has 0 fully saturated rings. The van der Waals surface area contributed by atoms with E-state index in [9.17, 15) is 4.79 Å². The normalized spacial score (nSPS) is 12.3. The third-order valence-electron chi connectivity index (χ3n) is 3.58. The highest BCUT2D eigenvalue weighted by molar-refractivity contribution is 9.10. The van der Waals surface area contributed by atoms with E-state index in [-0.39, 0.29) is 11.9 Å². The molecule has 0 radical (unpaired) electrons. The van der Waals surface area contributed by atoms with Gasteiger partial charge in [-0.3, -0.25) is 4.79 Å². The minimum absolute atomic E-state index is 0.0421. The zero-order chi connectivity index (χ0) is 15.5. The standard InChI is InChI=1S/C18H16BrNOS/c1-12(20-18(21)15-7-2-4-8-16(15)19)10-13-11-22-17-9-5-3-6-14(13)17/h2-9,11-12H,10H2,1H3,(H,20,21). The summed E-state index contributed by atoms with van der Waals surface area (Å²) in [5.74, 6) is -0.0421. The van der Waals surface area contributed by atoms with Crippen molar-refractivity contribution in [3.8, 4) is 0 Å². The Bertz CT molecular complexity index is 811. The minimum atomic E-state index is -0.0421. The summed E-state index contributed by atoms with van der Waals surface area (Å²) in [5.41, 5.74) is 1.96. The fraction of sp³-hybridized carbons (Fsp3) is 0.167. The maximum Gasteiger partial charge on any atom is 0.252 e. The summed E-state index contributed by atoms with van der Waals surface area (Å²) >= 11 is 5.17. The topological polar surface area (TPSA) is 29.1 Å². The summed E-state index contributed by atoms with van der Waals surface area (Å²) in [6.45, 7) is 2.04. The van der Waals surface area contributed by atoms with E-state index in [0.29, 0.717) is 5.56 Å². The Labute approximate surface area is 142 Å². The Morgan fingerprint density at radius 1 is 1.18 bits per heavy atom. The Kier molecular flexibility index (Phi) is 4.60.